The highest BCUT2D eigenvalue weighted by molar-refractivity contribution is 6.30. The summed E-state index contributed by atoms with van der Waals surface area (Å²) in [5.41, 5.74) is 2.77. The third kappa shape index (κ3) is 4.06. The smallest absolute Gasteiger partial charge is 0.254 e. The molecule has 0 saturated carbocycles. The quantitative estimate of drug-likeness (QED) is 0.559. The van der Waals surface area contributed by atoms with Crippen molar-refractivity contribution in [2.24, 2.45) is 0 Å². The number of hydrogen-bond acceptors (Lipinski definition) is 4. The number of nitrogens with zero attached hydrogens (tertiary/aromatic N) is 3. The fourth-order valence-corrected chi connectivity index (χ4v) is 3.76. The predicted octanol–water partition coefficient (Wildman–Crippen LogP) is 5.66. The van der Waals surface area contributed by atoms with Crippen molar-refractivity contribution in [3.05, 3.63) is 70.6 Å². The van der Waals surface area contributed by atoms with Crippen molar-refractivity contribution in [3.63, 3.8) is 0 Å². The van der Waals surface area contributed by atoms with Crippen LogP contribution in [-0.4, -0.2) is 27.5 Å². The van der Waals surface area contributed by atoms with Gasteiger partial charge in [0.25, 0.3) is 5.91 Å². The van der Waals surface area contributed by atoms with E-state index in [1.165, 1.54) is 5.56 Å². The summed E-state index contributed by atoms with van der Waals surface area (Å²) >= 11 is 5.95. The van der Waals surface area contributed by atoms with Crippen LogP contribution in [0.4, 0.5) is 0 Å². The van der Waals surface area contributed by atoms with Crippen LogP contribution < -0.4 is 0 Å². The van der Waals surface area contributed by atoms with E-state index in [-0.39, 0.29) is 17.4 Å². The van der Waals surface area contributed by atoms with Crippen LogP contribution in [0, 0.1) is 0 Å². The molecule has 1 aromatic heterocycles. The molecule has 1 aliphatic heterocycles. The number of aromatic nitrogens is 2. The van der Waals surface area contributed by atoms with Gasteiger partial charge in [-0.15, -0.1) is 0 Å². The lowest BCUT2D eigenvalue weighted by Crippen LogP contribution is -2.30. The van der Waals surface area contributed by atoms with Gasteiger partial charge >= 0.3 is 0 Å². The minimum Gasteiger partial charge on any atom is -0.337 e. The summed E-state index contributed by atoms with van der Waals surface area (Å²) in [6, 6.07) is 15.0. The van der Waals surface area contributed by atoms with Crippen LogP contribution in [0.5, 0.6) is 0 Å². The van der Waals surface area contributed by atoms with E-state index < -0.39 is 0 Å². The molecule has 0 N–H and O–H groups in total. The van der Waals surface area contributed by atoms with Gasteiger partial charge in [-0.25, -0.2) is 0 Å². The third-order valence-electron chi connectivity index (χ3n) is 5.34. The molecule has 6 heteroatoms. The molecular formula is C23H24ClN3O2. The number of rotatable bonds is 3. The summed E-state index contributed by atoms with van der Waals surface area (Å²) in [7, 11) is 0. The first-order valence-electron chi connectivity index (χ1n) is 9.84. The Balaban J connectivity index is 1.55. The van der Waals surface area contributed by atoms with E-state index in [0.29, 0.717) is 28.8 Å². The van der Waals surface area contributed by atoms with Gasteiger partial charge in [0.2, 0.25) is 11.7 Å². The van der Waals surface area contributed by atoms with E-state index >= 15 is 0 Å². The number of amides is 1. The summed E-state index contributed by atoms with van der Waals surface area (Å²) in [5.74, 6) is 0.983. The van der Waals surface area contributed by atoms with Crippen LogP contribution in [0.15, 0.2) is 53.1 Å². The average Bonchev–Trinajstić information content (AvgIpc) is 3.37. The molecule has 0 unspecified atom stereocenters. The van der Waals surface area contributed by atoms with Gasteiger partial charge < -0.3 is 9.42 Å². The Morgan fingerprint density at radius 1 is 1.10 bits per heavy atom. The monoisotopic (exact) mass is 409 g/mol. The summed E-state index contributed by atoms with van der Waals surface area (Å²) in [4.78, 5) is 19.5. The molecule has 3 aromatic rings. The molecule has 0 bridgehead atoms. The second kappa shape index (κ2) is 7.64. The van der Waals surface area contributed by atoms with Crippen molar-refractivity contribution in [3.8, 4) is 11.4 Å². The van der Waals surface area contributed by atoms with Crippen molar-refractivity contribution >= 4 is 17.5 Å². The Kier molecular flexibility index (Phi) is 5.17. The fraction of sp³-hybridized carbons (Fsp3) is 0.348. The van der Waals surface area contributed by atoms with Crippen molar-refractivity contribution in [2.75, 3.05) is 6.54 Å². The maximum atomic E-state index is 13.1. The van der Waals surface area contributed by atoms with Gasteiger partial charge in [-0.3, -0.25) is 4.79 Å². The average molecular weight is 410 g/mol. The highest BCUT2D eigenvalue weighted by Crippen LogP contribution is 2.33. The topological polar surface area (TPSA) is 59.2 Å². The highest BCUT2D eigenvalue weighted by Gasteiger charge is 2.34. The van der Waals surface area contributed by atoms with Crippen molar-refractivity contribution < 1.29 is 9.32 Å². The largest absolute Gasteiger partial charge is 0.337 e. The van der Waals surface area contributed by atoms with Crippen molar-refractivity contribution in [1.29, 1.82) is 0 Å². The molecular weight excluding hydrogens is 386 g/mol. The lowest BCUT2D eigenvalue weighted by atomic mass is 9.86. The Bertz CT molecular complexity index is 1000. The maximum absolute atomic E-state index is 13.1. The zero-order chi connectivity index (χ0) is 20.6. The summed E-state index contributed by atoms with van der Waals surface area (Å²) in [5, 5.41) is 4.75. The van der Waals surface area contributed by atoms with E-state index in [4.69, 9.17) is 16.1 Å². The number of carbonyl (C=O) groups is 1. The first-order chi connectivity index (χ1) is 13.8. The molecule has 1 aliphatic rings. The zero-order valence-corrected chi connectivity index (χ0v) is 17.6. The van der Waals surface area contributed by atoms with E-state index in [1.54, 1.807) is 12.1 Å². The Morgan fingerprint density at radius 2 is 1.79 bits per heavy atom. The number of halogens is 1. The molecule has 1 fully saturated rings. The molecule has 1 saturated heterocycles. The normalized spacial score (nSPS) is 17.0. The van der Waals surface area contributed by atoms with Crippen LogP contribution in [0.25, 0.3) is 11.4 Å². The second-order valence-electron chi connectivity index (χ2n) is 8.45. The lowest BCUT2D eigenvalue weighted by molar-refractivity contribution is 0.0710. The standard InChI is InChI=1S/C23H24ClN3O2/c1-23(2,3)17-10-6-16(7-11-17)22(28)27-14-4-5-19(27)21-25-20(26-29-21)15-8-12-18(24)13-9-15/h6-13,19H,4-5,14H2,1-3H3/t19-/m1/s1. The predicted molar refractivity (Wildman–Crippen MR) is 113 cm³/mol. The molecule has 0 spiro atoms. The molecule has 2 aromatic carbocycles. The molecule has 5 nitrogen and oxygen atoms in total. The van der Waals surface area contributed by atoms with E-state index in [2.05, 4.69) is 30.9 Å². The van der Waals surface area contributed by atoms with E-state index in [9.17, 15) is 4.79 Å². The SMILES string of the molecule is CC(C)(C)c1ccc(C(=O)N2CCC[C@@H]2c2nc(-c3ccc(Cl)cc3)no2)cc1. The Labute approximate surface area is 175 Å². The third-order valence-corrected chi connectivity index (χ3v) is 5.59. The summed E-state index contributed by atoms with van der Waals surface area (Å²) in [6.07, 6.45) is 1.73. The van der Waals surface area contributed by atoms with Crippen LogP contribution in [0.1, 0.15) is 61.5 Å². The van der Waals surface area contributed by atoms with Crippen molar-refractivity contribution in [2.45, 2.75) is 45.1 Å². The van der Waals surface area contributed by atoms with Gasteiger partial charge in [-0.1, -0.05) is 49.7 Å². The molecule has 0 radical (unpaired) electrons. The number of likely N-dealkylation sites (tertiary alicyclic amines) is 1. The van der Waals surface area contributed by atoms with Gasteiger partial charge in [0.1, 0.15) is 6.04 Å². The Morgan fingerprint density at radius 3 is 2.45 bits per heavy atom. The second-order valence-corrected chi connectivity index (χ2v) is 8.88. The minimum atomic E-state index is -0.196. The van der Waals surface area contributed by atoms with Gasteiger partial charge in [-0.2, -0.15) is 4.98 Å². The number of benzene rings is 2. The van der Waals surface area contributed by atoms with Gasteiger partial charge in [0.05, 0.1) is 0 Å². The summed E-state index contributed by atoms with van der Waals surface area (Å²) < 4.78 is 5.53. The molecule has 29 heavy (non-hydrogen) atoms. The first-order valence-corrected chi connectivity index (χ1v) is 10.2. The van der Waals surface area contributed by atoms with Crippen LogP contribution in [-0.2, 0) is 5.41 Å². The number of carbonyl (C=O) groups excluding carboxylic acids is 1. The molecule has 2 heterocycles. The first kappa shape index (κ1) is 19.6. The van der Waals surface area contributed by atoms with Gasteiger partial charge in [-0.05, 0) is 60.2 Å². The van der Waals surface area contributed by atoms with E-state index in [0.717, 1.165) is 18.4 Å². The van der Waals surface area contributed by atoms with Crippen LogP contribution in [0.2, 0.25) is 5.02 Å². The maximum Gasteiger partial charge on any atom is 0.254 e. The van der Waals surface area contributed by atoms with Crippen LogP contribution in [0.3, 0.4) is 0 Å². The highest BCUT2D eigenvalue weighted by atomic mass is 35.5. The minimum absolute atomic E-state index is 0.000739. The van der Waals surface area contributed by atoms with Gasteiger partial charge in [0.15, 0.2) is 0 Å². The molecule has 0 aliphatic carbocycles. The molecule has 4 rings (SSSR count). The molecule has 1 atom stereocenters. The Hall–Kier alpha value is -2.66. The fourth-order valence-electron chi connectivity index (χ4n) is 3.63. The van der Waals surface area contributed by atoms with E-state index in [1.807, 2.05) is 41.3 Å². The lowest BCUT2D eigenvalue weighted by Gasteiger charge is -2.23. The van der Waals surface area contributed by atoms with Gasteiger partial charge in [0, 0.05) is 22.7 Å². The molecule has 1 amide bonds. The number of hydrogen-bond donors (Lipinski definition) is 0. The summed E-state index contributed by atoms with van der Waals surface area (Å²) in [6.45, 7) is 7.17. The van der Waals surface area contributed by atoms with Crippen molar-refractivity contribution in [1.82, 2.24) is 15.0 Å². The van der Waals surface area contributed by atoms with Crippen LogP contribution >= 0.6 is 11.6 Å². The molecule has 150 valence electrons. The zero-order valence-electron chi connectivity index (χ0n) is 16.9.